The number of carbonyl (C=O) groups excluding carboxylic acids is 2. The Bertz CT molecular complexity index is 979. The summed E-state index contributed by atoms with van der Waals surface area (Å²) >= 11 is 0. The van der Waals surface area contributed by atoms with Crippen molar-refractivity contribution in [2.24, 2.45) is 46.3 Å². The van der Waals surface area contributed by atoms with Crippen LogP contribution in [0.3, 0.4) is 0 Å². The molecule has 4 saturated carbocycles. The molecule has 0 spiro atoms. The van der Waals surface area contributed by atoms with E-state index < -0.39 is 29.7 Å². The number of hydrogen-bond acceptors (Lipinski definition) is 7. The van der Waals surface area contributed by atoms with Crippen molar-refractivity contribution >= 4 is 17.8 Å². The third-order valence-corrected chi connectivity index (χ3v) is 11.6. The molecule has 0 heterocycles. The number of fused-ring (bicyclic) bond motifs is 5. The van der Waals surface area contributed by atoms with Crippen LogP contribution in [0.15, 0.2) is 0 Å². The molecule has 9 nitrogen and oxygen atoms in total. The van der Waals surface area contributed by atoms with Gasteiger partial charge in [0, 0.05) is 12.8 Å². The molecule has 0 saturated heterocycles. The van der Waals surface area contributed by atoms with Crippen LogP contribution in [0.2, 0.25) is 0 Å². The second kappa shape index (κ2) is 12.1. The maximum absolute atomic E-state index is 12.4. The number of rotatable bonds is 9. The summed E-state index contributed by atoms with van der Waals surface area (Å²) in [4.78, 5) is 40.8. The first-order valence-electron chi connectivity index (χ1n) is 15.8. The van der Waals surface area contributed by atoms with Gasteiger partial charge < -0.3 is 20.1 Å². The molecule has 4 aliphatic rings. The molecule has 0 bridgehead atoms. The van der Waals surface area contributed by atoms with Crippen LogP contribution in [0, 0.1) is 46.3 Å². The minimum Gasteiger partial charge on any atom is -0.481 e. The highest BCUT2D eigenvalue weighted by Gasteiger charge is 2.65. The van der Waals surface area contributed by atoms with Crippen molar-refractivity contribution in [3.05, 3.63) is 0 Å². The second-order valence-electron chi connectivity index (χ2n) is 15.1. The molecule has 41 heavy (non-hydrogen) atoms. The number of aliphatic hydroxyl groups excluding tert-OH is 2. The number of ether oxygens (including phenoxy) is 1. The zero-order chi connectivity index (χ0) is 30.3. The highest BCUT2D eigenvalue weighted by molar-refractivity contribution is 5.79. The normalized spacial score (nSPS) is 41.0. The molecule has 1 amide bonds. The lowest BCUT2D eigenvalue weighted by atomic mass is 9.43. The van der Waals surface area contributed by atoms with Crippen LogP contribution in [0.5, 0.6) is 0 Å². The number of amides is 1. The van der Waals surface area contributed by atoms with Crippen LogP contribution in [0.1, 0.15) is 112 Å². The largest absolute Gasteiger partial charge is 0.481 e. The molecule has 4 rings (SSSR count). The van der Waals surface area contributed by atoms with E-state index in [0.717, 1.165) is 38.5 Å². The Morgan fingerprint density at radius 2 is 1.68 bits per heavy atom. The van der Waals surface area contributed by atoms with Crippen LogP contribution in [-0.2, 0) is 24.0 Å². The van der Waals surface area contributed by atoms with Crippen LogP contribution in [0.4, 0.5) is 0 Å². The molecular formula is C32H53NO8. The Labute approximate surface area is 245 Å². The number of aliphatic carboxylic acids is 1. The molecule has 4 N–H and O–H groups in total. The molecule has 3 unspecified atom stereocenters. The van der Waals surface area contributed by atoms with E-state index in [2.05, 4.69) is 26.3 Å². The van der Waals surface area contributed by atoms with Gasteiger partial charge in [-0.15, -0.1) is 0 Å². The van der Waals surface area contributed by atoms with Gasteiger partial charge in [0.15, 0.2) is 0 Å². The third-order valence-electron chi connectivity index (χ3n) is 11.6. The quantitative estimate of drug-likeness (QED) is 0.229. The Morgan fingerprint density at radius 3 is 2.34 bits per heavy atom. The van der Waals surface area contributed by atoms with E-state index in [0.29, 0.717) is 19.3 Å². The molecule has 4 aliphatic carbocycles. The number of carboxylic acid groups (broad SMARTS) is 1. The lowest BCUT2D eigenvalue weighted by Gasteiger charge is -2.63. The number of aliphatic hydroxyl groups is 2. The maximum Gasteiger partial charge on any atom is 0.306 e. The fourth-order valence-electron chi connectivity index (χ4n) is 9.58. The summed E-state index contributed by atoms with van der Waals surface area (Å²) in [6.07, 6.45) is 5.41. The predicted molar refractivity (Wildman–Crippen MR) is 152 cm³/mol. The number of carboxylic acids is 1. The molecule has 9 heteroatoms. The number of carbonyl (C=O) groups is 3. The van der Waals surface area contributed by atoms with Crippen molar-refractivity contribution in [2.45, 2.75) is 136 Å². The first kappa shape index (κ1) is 32.2. The third kappa shape index (κ3) is 6.62. The van der Waals surface area contributed by atoms with E-state index in [1.54, 1.807) is 0 Å². The molecule has 0 aromatic rings. The fourth-order valence-corrected chi connectivity index (χ4v) is 9.58. The smallest absolute Gasteiger partial charge is 0.306 e. The van der Waals surface area contributed by atoms with E-state index in [4.69, 9.17) is 14.7 Å². The molecule has 0 aliphatic heterocycles. The minimum absolute atomic E-state index is 0.0280. The second-order valence-corrected chi connectivity index (χ2v) is 15.1. The molecular weight excluding hydrogens is 526 g/mol. The number of esters is 1. The summed E-state index contributed by atoms with van der Waals surface area (Å²) in [7, 11) is 0. The van der Waals surface area contributed by atoms with Crippen molar-refractivity contribution in [1.82, 2.24) is 5.48 Å². The average molecular weight is 580 g/mol. The van der Waals surface area contributed by atoms with E-state index >= 15 is 0 Å². The van der Waals surface area contributed by atoms with Gasteiger partial charge >= 0.3 is 11.9 Å². The lowest BCUT2D eigenvalue weighted by Crippen LogP contribution is -2.62. The molecule has 0 aromatic carbocycles. The van der Waals surface area contributed by atoms with E-state index in [1.165, 1.54) is 0 Å². The highest BCUT2D eigenvalue weighted by atomic mass is 16.7. The topological polar surface area (TPSA) is 142 Å². The zero-order valence-corrected chi connectivity index (χ0v) is 25.9. The SMILES string of the molecule is C[C@H](CCC(=O)OC(C)(C)C)[C@H]1CCC2[C@@H]3C(O)C[C@@H]4C[C@@H](ONC(=O)CCC(=O)O)CC[C@]4(C)[C@H]3CC(O)[C@@]21C. The summed E-state index contributed by atoms with van der Waals surface area (Å²) in [6, 6.07) is 0. The number of hydroxylamine groups is 1. The van der Waals surface area contributed by atoms with E-state index in [9.17, 15) is 24.6 Å². The molecule has 11 atom stereocenters. The Hall–Kier alpha value is -1.71. The Morgan fingerprint density at radius 1 is 0.976 bits per heavy atom. The van der Waals surface area contributed by atoms with Gasteiger partial charge in [-0.2, -0.15) is 0 Å². The average Bonchev–Trinajstić information content (AvgIpc) is 3.23. The number of hydrogen-bond donors (Lipinski definition) is 4. The molecule has 234 valence electrons. The predicted octanol–water partition coefficient (Wildman–Crippen LogP) is 4.63. The van der Waals surface area contributed by atoms with Gasteiger partial charge in [0.25, 0.3) is 0 Å². The summed E-state index contributed by atoms with van der Waals surface area (Å²) in [6.45, 7) is 12.4. The van der Waals surface area contributed by atoms with Crippen LogP contribution < -0.4 is 5.48 Å². The van der Waals surface area contributed by atoms with Gasteiger partial charge in [-0.05, 0) is 118 Å². The van der Waals surface area contributed by atoms with E-state index in [-0.39, 0.29) is 71.3 Å². The zero-order valence-electron chi connectivity index (χ0n) is 25.9. The van der Waals surface area contributed by atoms with Crippen molar-refractivity contribution in [3.8, 4) is 0 Å². The van der Waals surface area contributed by atoms with Crippen LogP contribution >= 0.6 is 0 Å². The van der Waals surface area contributed by atoms with Crippen molar-refractivity contribution in [3.63, 3.8) is 0 Å². The molecule has 0 radical (unpaired) electrons. The Balaban J connectivity index is 1.41. The van der Waals surface area contributed by atoms with Gasteiger partial charge in [0.05, 0.1) is 24.7 Å². The minimum atomic E-state index is -1.02. The van der Waals surface area contributed by atoms with Crippen molar-refractivity contribution < 1.29 is 39.3 Å². The lowest BCUT2D eigenvalue weighted by molar-refractivity contribution is -0.212. The van der Waals surface area contributed by atoms with Crippen LogP contribution in [-0.4, -0.2) is 57.1 Å². The maximum atomic E-state index is 12.4. The standard InChI is InChI=1S/C32H53NO8/c1-18(7-12-28(39)40-30(2,3)4)21-8-9-22-29-23(17-25(35)32(21,22)6)31(5)14-13-20(15-19(31)16-24(29)34)41-33-26(36)10-11-27(37)38/h18-25,29,34-35H,7-17H2,1-6H3,(H,33,36)(H,37,38)/t18-,19+,20+,21-,22?,23+,24?,25?,29+,31+,32-/m1/s1. The first-order chi connectivity index (χ1) is 19.1. The number of nitrogens with one attached hydrogen (secondary N) is 1. The highest BCUT2D eigenvalue weighted by Crippen LogP contribution is 2.68. The molecule has 4 fully saturated rings. The monoisotopic (exact) mass is 579 g/mol. The van der Waals surface area contributed by atoms with Gasteiger partial charge in [-0.1, -0.05) is 20.8 Å². The summed E-state index contributed by atoms with van der Waals surface area (Å²) in [5.74, 6) is -0.259. The van der Waals surface area contributed by atoms with Gasteiger partial charge in [-0.3, -0.25) is 19.2 Å². The summed E-state index contributed by atoms with van der Waals surface area (Å²) in [5, 5.41) is 32.2. The van der Waals surface area contributed by atoms with Crippen LogP contribution in [0.25, 0.3) is 0 Å². The fraction of sp³-hybridized carbons (Fsp3) is 0.906. The summed E-state index contributed by atoms with van der Waals surface area (Å²) < 4.78 is 5.53. The van der Waals surface area contributed by atoms with Gasteiger partial charge in [0.2, 0.25) is 5.91 Å². The van der Waals surface area contributed by atoms with Crippen molar-refractivity contribution in [1.29, 1.82) is 0 Å². The first-order valence-corrected chi connectivity index (χ1v) is 15.8. The molecule has 0 aromatic heterocycles. The summed E-state index contributed by atoms with van der Waals surface area (Å²) in [5.41, 5.74) is 1.62. The Kier molecular flexibility index (Phi) is 9.52. The van der Waals surface area contributed by atoms with Gasteiger partial charge in [0.1, 0.15) is 5.60 Å². The van der Waals surface area contributed by atoms with Gasteiger partial charge in [-0.25, -0.2) is 5.48 Å². The van der Waals surface area contributed by atoms with Crippen molar-refractivity contribution in [2.75, 3.05) is 0 Å². The van der Waals surface area contributed by atoms with E-state index in [1.807, 2.05) is 20.8 Å².